The van der Waals surface area contributed by atoms with Crippen molar-refractivity contribution in [1.82, 2.24) is 5.32 Å². The molecule has 0 atom stereocenters. The third-order valence-corrected chi connectivity index (χ3v) is 4.14. The standard InChI is InChI=1S/C16H33N/c1-3-5-7-11-15(12-8-6-4-2)17-16-13-9-10-14-16/h15-17H,3-14H2,1-2H3. The second kappa shape index (κ2) is 9.94. The SMILES string of the molecule is CCCCCC(CCCCC)NC1CCCC1. The van der Waals surface area contributed by atoms with E-state index in [1.165, 1.54) is 77.0 Å². The highest BCUT2D eigenvalue weighted by atomic mass is 14.9. The van der Waals surface area contributed by atoms with Crippen LogP contribution in [0.4, 0.5) is 0 Å². The number of hydrogen-bond donors (Lipinski definition) is 1. The Bertz CT molecular complexity index is 151. The van der Waals surface area contributed by atoms with Crippen molar-refractivity contribution in [2.75, 3.05) is 0 Å². The highest BCUT2D eigenvalue weighted by molar-refractivity contribution is 4.78. The van der Waals surface area contributed by atoms with Gasteiger partial charge < -0.3 is 5.32 Å². The smallest absolute Gasteiger partial charge is 0.00696 e. The molecule has 102 valence electrons. The molecule has 0 spiro atoms. The van der Waals surface area contributed by atoms with E-state index in [2.05, 4.69) is 19.2 Å². The van der Waals surface area contributed by atoms with Gasteiger partial charge in [0.2, 0.25) is 0 Å². The molecule has 1 N–H and O–H groups in total. The molecule has 0 saturated heterocycles. The molecule has 0 amide bonds. The van der Waals surface area contributed by atoms with Gasteiger partial charge in [-0.2, -0.15) is 0 Å². The summed E-state index contributed by atoms with van der Waals surface area (Å²) in [6.45, 7) is 4.60. The van der Waals surface area contributed by atoms with Crippen LogP contribution in [-0.4, -0.2) is 12.1 Å². The van der Waals surface area contributed by atoms with Gasteiger partial charge in [0.1, 0.15) is 0 Å². The quantitative estimate of drug-likeness (QED) is 0.526. The molecule has 0 aromatic rings. The molecule has 1 nitrogen and oxygen atoms in total. The Morgan fingerprint density at radius 1 is 0.882 bits per heavy atom. The molecule has 1 aliphatic carbocycles. The number of rotatable bonds is 10. The van der Waals surface area contributed by atoms with Gasteiger partial charge in [0.15, 0.2) is 0 Å². The lowest BCUT2D eigenvalue weighted by Crippen LogP contribution is -2.36. The number of unbranched alkanes of at least 4 members (excludes halogenated alkanes) is 4. The van der Waals surface area contributed by atoms with Gasteiger partial charge >= 0.3 is 0 Å². The fourth-order valence-corrected chi connectivity index (χ4v) is 3.02. The zero-order valence-corrected chi connectivity index (χ0v) is 12.1. The summed E-state index contributed by atoms with van der Waals surface area (Å²) in [5.74, 6) is 0. The van der Waals surface area contributed by atoms with E-state index in [9.17, 15) is 0 Å². The second-order valence-electron chi connectivity index (χ2n) is 5.84. The Morgan fingerprint density at radius 2 is 1.41 bits per heavy atom. The van der Waals surface area contributed by atoms with E-state index in [4.69, 9.17) is 0 Å². The van der Waals surface area contributed by atoms with Crippen molar-refractivity contribution in [3.63, 3.8) is 0 Å². The van der Waals surface area contributed by atoms with Crippen molar-refractivity contribution in [3.05, 3.63) is 0 Å². The molecule has 1 aliphatic rings. The maximum Gasteiger partial charge on any atom is 0.00696 e. The first-order chi connectivity index (χ1) is 8.36. The van der Waals surface area contributed by atoms with Crippen LogP contribution < -0.4 is 5.32 Å². The molecule has 0 bridgehead atoms. The van der Waals surface area contributed by atoms with Crippen molar-refractivity contribution >= 4 is 0 Å². The first kappa shape index (κ1) is 15.0. The lowest BCUT2D eigenvalue weighted by molar-refractivity contribution is 0.371. The van der Waals surface area contributed by atoms with E-state index in [1.54, 1.807) is 0 Å². The maximum absolute atomic E-state index is 3.93. The van der Waals surface area contributed by atoms with Gasteiger partial charge in [0, 0.05) is 12.1 Å². The Hall–Kier alpha value is -0.0400. The predicted molar refractivity (Wildman–Crippen MR) is 77.5 cm³/mol. The van der Waals surface area contributed by atoms with Crippen molar-refractivity contribution in [3.8, 4) is 0 Å². The van der Waals surface area contributed by atoms with E-state index in [-0.39, 0.29) is 0 Å². The Balaban J connectivity index is 2.18. The fraction of sp³-hybridized carbons (Fsp3) is 1.00. The van der Waals surface area contributed by atoms with Gasteiger partial charge in [-0.15, -0.1) is 0 Å². The minimum Gasteiger partial charge on any atom is -0.311 e. The maximum atomic E-state index is 3.93. The van der Waals surface area contributed by atoms with Crippen LogP contribution in [-0.2, 0) is 0 Å². The summed E-state index contributed by atoms with van der Waals surface area (Å²) in [6.07, 6.45) is 17.0. The van der Waals surface area contributed by atoms with E-state index in [1.807, 2.05) is 0 Å². The van der Waals surface area contributed by atoms with Crippen LogP contribution in [0.5, 0.6) is 0 Å². The first-order valence-electron chi connectivity index (χ1n) is 8.12. The average molecular weight is 239 g/mol. The molecule has 1 rings (SSSR count). The van der Waals surface area contributed by atoms with E-state index in [0.717, 1.165) is 12.1 Å². The van der Waals surface area contributed by atoms with Gasteiger partial charge in [-0.25, -0.2) is 0 Å². The summed E-state index contributed by atoms with van der Waals surface area (Å²) in [7, 11) is 0. The normalized spacial score (nSPS) is 17.1. The zero-order chi connectivity index (χ0) is 12.3. The molecule has 0 aliphatic heterocycles. The molecule has 1 fully saturated rings. The summed E-state index contributed by atoms with van der Waals surface area (Å²) in [5.41, 5.74) is 0. The van der Waals surface area contributed by atoms with Crippen molar-refractivity contribution in [2.24, 2.45) is 0 Å². The average Bonchev–Trinajstić information content (AvgIpc) is 2.82. The van der Waals surface area contributed by atoms with Crippen LogP contribution in [0.3, 0.4) is 0 Å². The summed E-state index contributed by atoms with van der Waals surface area (Å²) in [4.78, 5) is 0. The van der Waals surface area contributed by atoms with Gasteiger partial charge in [-0.1, -0.05) is 65.2 Å². The zero-order valence-electron chi connectivity index (χ0n) is 12.1. The third-order valence-electron chi connectivity index (χ3n) is 4.14. The molecule has 1 heteroatoms. The van der Waals surface area contributed by atoms with Crippen molar-refractivity contribution < 1.29 is 0 Å². The van der Waals surface area contributed by atoms with Gasteiger partial charge in [-0.05, 0) is 25.7 Å². The molecular weight excluding hydrogens is 206 g/mol. The molecule has 0 radical (unpaired) electrons. The lowest BCUT2D eigenvalue weighted by Gasteiger charge is -2.23. The lowest BCUT2D eigenvalue weighted by atomic mass is 10.0. The molecule has 17 heavy (non-hydrogen) atoms. The predicted octanol–water partition coefficient (Wildman–Crippen LogP) is 5.05. The van der Waals surface area contributed by atoms with Crippen LogP contribution in [0.1, 0.15) is 90.9 Å². The van der Waals surface area contributed by atoms with E-state index < -0.39 is 0 Å². The molecule has 0 aromatic heterocycles. The highest BCUT2D eigenvalue weighted by Crippen LogP contribution is 2.20. The molecule has 1 saturated carbocycles. The van der Waals surface area contributed by atoms with Crippen LogP contribution in [0.2, 0.25) is 0 Å². The van der Waals surface area contributed by atoms with E-state index in [0.29, 0.717) is 0 Å². The van der Waals surface area contributed by atoms with Gasteiger partial charge in [-0.3, -0.25) is 0 Å². The summed E-state index contributed by atoms with van der Waals surface area (Å²) < 4.78 is 0. The first-order valence-corrected chi connectivity index (χ1v) is 8.12. The monoisotopic (exact) mass is 239 g/mol. The van der Waals surface area contributed by atoms with Crippen molar-refractivity contribution in [1.29, 1.82) is 0 Å². The van der Waals surface area contributed by atoms with Crippen LogP contribution in [0, 0.1) is 0 Å². The highest BCUT2D eigenvalue weighted by Gasteiger charge is 2.18. The minimum absolute atomic E-state index is 0.816. The van der Waals surface area contributed by atoms with Crippen molar-refractivity contribution in [2.45, 2.75) is 103 Å². The summed E-state index contributed by atoms with van der Waals surface area (Å²) >= 11 is 0. The van der Waals surface area contributed by atoms with E-state index >= 15 is 0 Å². The van der Waals surface area contributed by atoms with Gasteiger partial charge in [0.25, 0.3) is 0 Å². The van der Waals surface area contributed by atoms with Crippen LogP contribution in [0.15, 0.2) is 0 Å². The largest absolute Gasteiger partial charge is 0.311 e. The Labute approximate surface area is 109 Å². The number of nitrogens with one attached hydrogen (secondary N) is 1. The molecule has 0 aromatic carbocycles. The minimum atomic E-state index is 0.816. The van der Waals surface area contributed by atoms with Crippen LogP contribution >= 0.6 is 0 Å². The Morgan fingerprint density at radius 3 is 1.88 bits per heavy atom. The third kappa shape index (κ3) is 7.08. The summed E-state index contributed by atoms with van der Waals surface area (Å²) in [6, 6.07) is 1.67. The molecular formula is C16H33N. The number of hydrogen-bond acceptors (Lipinski definition) is 1. The fourth-order valence-electron chi connectivity index (χ4n) is 3.02. The second-order valence-corrected chi connectivity index (χ2v) is 5.84. The van der Waals surface area contributed by atoms with Crippen LogP contribution in [0.25, 0.3) is 0 Å². The van der Waals surface area contributed by atoms with Gasteiger partial charge in [0.05, 0.1) is 0 Å². The Kier molecular flexibility index (Phi) is 8.78. The topological polar surface area (TPSA) is 12.0 Å². The molecule has 0 unspecified atom stereocenters. The molecule has 0 heterocycles. The summed E-state index contributed by atoms with van der Waals surface area (Å²) in [5, 5.41) is 3.93.